The molecular formula is C34H33NO14. The van der Waals surface area contributed by atoms with Crippen LogP contribution in [0.2, 0.25) is 0 Å². The maximum atomic E-state index is 13.9. The summed E-state index contributed by atoms with van der Waals surface area (Å²) in [6.07, 6.45) is -8.15. The molecule has 0 unspecified atom stereocenters. The molecule has 1 saturated heterocycles. The molecule has 3 aromatic rings. The standard InChI is InChI=1S/C34H33NO14/c1-10-5-17-23(29(42)20(10)32(44)35-12(3)33(45)46)22-15(27(40)31(17)49-34-28(41)19(37)6-11(2)48-34)9-16-24(30(22)43)26(39)14-7-13(47-4)8-18(36)21(14)25(16)38/h5,7-9,11-12,19,27-28,31,34,36-37,40-43H,6H2,1-4H3,(H,35,44)(H,45,46)/t11-,12-,19+,27+,28-,31+,34+/m1/s1. The van der Waals surface area contributed by atoms with E-state index in [1.165, 1.54) is 33.1 Å². The van der Waals surface area contributed by atoms with Crippen molar-refractivity contribution in [2.24, 2.45) is 0 Å². The smallest absolute Gasteiger partial charge is 0.325 e. The average Bonchev–Trinajstić information content (AvgIpc) is 3.03. The van der Waals surface area contributed by atoms with Crippen LogP contribution in [-0.2, 0) is 14.3 Å². The second-order valence-electron chi connectivity index (χ2n) is 12.4. The number of aliphatic hydroxyl groups excluding tert-OH is 3. The number of benzene rings is 3. The summed E-state index contributed by atoms with van der Waals surface area (Å²) in [6, 6.07) is 3.41. The van der Waals surface area contributed by atoms with Gasteiger partial charge in [0.2, 0.25) is 0 Å². The molecule has 15 nitrogen and oxygen atoms in total. The fourth-order valence-corrected chi connectivity index (χ4v) is 6.69. The van der Waals surface area contributed by atoms with Crippen LogP contribution >= 0.6 is 0 Å². The van der Waals surface area contributed by atoms with Gasteiger partial charge in [0, 0.05) is 34.7 Å². The number of aromatic hydroxyl groups is 3. The van der Waals surface area contributed by atoms with E-state index < -0.39 is 100 Å². The summed E-state index contributed by atoms with van der Waals surface area (Å²) in [5.74, 6) is -6.28. The van der Waals surface area contributed by atoms with Gasteiger partial charge in [0.1, 0.15) is 47.4 Å². The van der Waals surface area contributed by atoms with Gasteiger partial charge >= 0.3 is 5.97 Å². The van der Waals surface area contributed by atoms with E-state index in [0.717, 1.165) is 12.1 Å². The van der Waals surface area contributed by atoms with Gasteiger partial charge < -0.3 is 55.3 Å². The number of phenolic OH excluding ortho intramolecular Hbond substituents is 3. The summed E-state index contributed by atoms with van der Waals surface area (Å²) in [4.78, 5) is 52.5. The number of hydrogen-bond acceptors (Lipinski definition) is 13. The minimum absolute atomic E-state index is 0.0362. The first-order valence-corrected chi connectivity index (χ1v) is 15.2. The Balaban J connectivity index is 1.60. The second-order valence-corrected chi connectivity index (χ2v) is 12.4. The molecule has 0 spiro atoms. The third-order valence-electron chi connectivity index (χ3n) is 9.13. The summed E-state index contributed by atoms with van der Waals surface area (Å²) in [7, 11) is 1.28. The number of carbonyl (C=O) groups is 4. The van der Waals surface area contributed by atoms with Gasteiger partial charge in [-0.2, -0.15) is 0 Å². The van der Waals surface area contributed by atoms with Crippen LogP contribution in [0.1, 0.15) is 91.4 Å². The van der Waals surface area contributed by atoms with E-state index in [9.17, 15) is 54.9 Å². The highest BCUT2D eigenvalue weighted by molar-refractivity contribution is 6.31. The van der Waals surface area contributed by atoms with Crippen LogP contribution in [-0.4, -0.2) is 96.9 Å². The third kappa shape index (κ3) is 5.26. The largest absolute Gasteiger partial charge is 0.507 e. The number of ether oxygens (including phenoxy) is 3. The highest BCUT2D eigenvalue weighted by Gasteiger charge is 2.46. The summed E-state index contributed by atoms with van der Waals surface area (Å²) in [6.45, 7) is 4.25. The number of aliphatic carboxylic acids is 1. The maximum absolute atomic E-state index is 13.9. The number of rotatable bonds is 6. The lowest BCUT2D eigenvalue weighted by Crippen LogP contribution is -2.49. The van der Waals surface area contributed by atoms with E-state index in [0.29, 0.717) is 0 Å². The number of aryl methyl sites for hydroxylation is 1. The lowest BCUT2D eigenvalue weighted by molar-refractivity contribution is -0.288. The van der Waals surface area contributed by atoms with Crippen LogP contribution in [0.3, 0.4) is 0 Å². The molecule has 1 fully saturated rings. The van der Waals surface area contributed by atoms with Crippen molar-refractivity contribution >= 4 is 23.4 Å². The summed E-state index contributed by atoms with van der Waals surface area (Å²) >= 11 is 0. The molecule has 0 aromatic heterocycles. The first-order valence-electron chi connectivity index (χ1n) is 15.2. The molecule has 1 aliphatic heterocycles. The Morgan fingerprint density at radius 3 is 2.20 bits per heavy atom. The molecule has 1 amide bonds. The van der Waals surface area contributed by atoms with E-state index in [1.807, 2.05) is 0 Å². The fraction of sp³-hybridized carbons (Fsp3) is 0.353. The number of carboxylic acids is 1. The number of ketones is 2. The van der Waals surface area contributed by atoms with Crippen molar-refractivity contribution in [3.8, 4) is 34.1 Å². The Morgan fingerprint density at radius 1 is 0.918 bits per heavy atom. The summed E-state index contributed by atoms with van der Waals surface area (Å²) < 4.78 is 16.9. The first-order chi connectivity index (χ1) is 23.1. The van der Waals surface area contributed by atoms with Crippen molar-refractivity contribution in [1.29, 1.82) is 0 Å². The zero-order valence-corrected chi connectivity index (χ0v) is 26.5. The van der Waals surface area contributed by atoms with Gasteiger partial charge in [-0.05, 0) is 49.6 Å². The molecule has 0 saturated carbocycles. The number of phenols is 3. The van der Waals surface area contributed by atoms with Crippen LogP contribution in [0.5, 0.6) is 23.0 Å². The molecule has 7 atom stereocenters. The van der Waals surface area contributed by atoms with Crippen LogP contribution in [0.25, 0.3) is 11.1 Å². The summed E-state index contributed by atoms with van der Waals surface area (Å²) in [5.41, 5.74) is -2.79. The number of hydrogen-bond donors (Lipinski definition) is 8. The molecule has 0 radical (unpaired) electrons. The molecule has 0 bridgehead atoms. The lowest BCUT2D eigenvalue weighted by atomic mass is 9.74. The topological polar surface area (TPSA) is 250 Å². The Kier molecular flexibility index (Phi) is 8.37. The van der Waals surface area contributed by atoms with Gasteiger partial charge in [-0.25, -0.2) is 0 Å². The minimum atomic E-state index is -1.77. The second kappa shape index (κ2) is 12.1. The van der Waals surface area contributed by atoms with Crippen molar-refractivity contribution in [3.63, 3.8) is 0 Å². The Hall–Kier alpha value is -5.06. The molecule has 8 N–H and O–H groups in total. The quantitative estimate of drug-likeness (QED) is 0.145. The lowest BCUT2D eigenvalue weighted by Gasteiger charge is -2.41. The zero-order chi connectivity index (χ0) is 35.8. The Morgan fingerprint density at radius 2 is 1.55 bits per heavy atom. The van der Waals surface area contributed by atoms with E-state index in [2.05, 4.69) is 5.32 Å². The number of amides is 1. The average molecular weight is 680 g/mol. The molecule has 2 aliphatic carbocycles. The van der Waals surface area contributed by atoms with Crippen molar-refractivity contribution in [3.05, 3.63) is 68.8 Å². The van der Waals surface area contributed by atoms with Crippen LogP contribution < -0.4 is 10.1 Å². The highest BCUT2D eigenvalue weighted by atomic mass is 16.7. The van der Waals surface area contributed by atoms with Gasteiger partial charge in [-0.3, -0.25) is 19.2 Å². The zero-order valence-electron chi connectivity index (χ0n) is 26.5. The van der Waals surface area contributed by atoms with E-state index >= 15 is 0 Å². The van der Waals surface area contributed by atoms with Gasteiger partial charge in [0.25, 0.3) is 5.91 Å². The van der Waals surface area contributed by atoms with Crippen LogP contribution in [0.4, 0.5) is 0 Å². The fourth-order valence-electron chi connectivity index (χ4n) is 6.69. The molecule has 6 rings (SSSR count). The van der Waals surface area contributed by atoms with E-state index in [-0.39, 0.29) is 51.1 Å². The third-order valence-corrected chi connectivity index (χ3v) is 9.13. The molecular weight excluding hydrogens is 646 g/mol. The van der Waals surface area contributed by atoms with Crippen molar-refractivity contribution in [1.82, 2.24) is 5.32 Å². The monoisotopic (exact) mass is 679 g/mol. The normalized spacial score (nSPS) is 24.6. The van der Waals surface area contributed by atoms with Gasteiger partial charge in [-0.1, -0.05) is 6.07 Å². The molecule has 15 heteroatoms. The molecule has 1 heterocycles. The molecule has 49 heavy (non-hydrogen) atoms. The number of methoxy groups -OCH3 is 1. The number of carbonyl (C=O) groups excluding carboxylic acids is 3. The number of nitrogens with one attached hydrogen (secondary N) is 1. The number of carboxylic acid groups (broad SMARTS) is 1. The van der Waals surface area contributed by atoms with Crippen LogP contribution in [0, 0.1) is 6.92 Å². The Labute approximate surface area is 277 Å². The van der Waals surface area contributed by atoms with Crippen LogP contribution in [0.15, 0.2) is 24.3 Å². The number of aliphatic hydroxyl groups is 3. The maximum Gasteiger partial charge on any atom is 0.325 e. The predicted molar refractivity (Wildman–Crippen MR) is 166 cm³/mol. The molecule has 3 aromatic carbocycles. The number of fused-ring (bicyclic) bond motifs is 5. The van der Waals surface area contributed by atoms with Crippen molar-refractivity contribution in [2.45, 2.75) is 70.0 Å². The molecule has 258 valence electrons. The summed E-state index contributed by atoms with van der Waals surface area (Å²) in [5, 5.41) is 78.8. The first kappa shape index (κ1) is 33.8. The van der Waals surface area contributed by atoms with Gasteiger partial charge in [0.05, 0.1) is 36.0 Å². The van der Waals surface area contributed by atoms with Crippen molar-refractivity contribution < 1.29 is 69.1 Å². The van der Waals surface area contributed by atoms with E-state index in [4.69, 9.17) is 14.2 Å². The van der Waals surface area contributed by atoms with Crippen molar-refractivity contribution in [2.75, 3.05) is 7.11 Å². The Bertz CT molecular complexity index is 1950. The molecule has 3 aliphatic rings. The highest BCUT2D eigenvalue weighted by Crippen LogP contribution is 2.57. The van der Waals surface area contributed by atoms with Gasteiger partial charge in [-0.15, -0.1) is 0 Å². The minimum Gasteiger partial charge on any atom is -0.507 e. The predicted octanol–water partition coefficient (Wildman–Crippen LogP) is 1.73. The van der Waals surface area contributed by atoms with Gasteiger partial charge in [0.15, 0.2) is 17.9 Å². The van der Waals surface area contributed by atoms with E-state index in [1.54, 1.807) is 6.92 Å². The SMILES string of the molecule is COc1cc(O)c2c(c1)C(=O)c1c(cc3c(c1O)-c1c(cc(C)c(C(=O)N[C@H](C)C(=O)O)c1O)[C@H](O[C@@H]1O[C@H](C)C[C@H](O)[C@H]1O)[C@H]3O)C2=O.